The maximum absolute atomic E-state index is 11.9. The van der Waals surface area contributed by atoms with E-state index in [-0.39, 0.29) is 45.9 Å². The number of hydrogen-bond acceptors (Lipinski definition) is 1. The molecule has 0 spiro atoms. The fraction of sp³-hybridized carbons (Fsp3) is 0.143. The zero-order chi connectivity index (χ0) is 9.80. The molecule has 2 rings (SSSR count). The summed E-state index contributed by atoms with van der Waals surface area (Å²) in [4.78, 5) is 11.9. The Kier molecular flexibility index (Phi) is 7.45. The molecule has 1 aliphatic rings. The molecule has 0 heterocycles. The van der Waals surface area contributed by atoms with E-state index in [1.807, 2.05) is 18.2 Å². The molecular weight excluding hydrogens is 273 g/mol. The summed E-state index contributed by atoms with van der Waals surface area (Å²) in [5, 5.41) is 0. The molecule has 81 valence electrons. The van der Waals surface area contributed by atoms with Crippen molar-refractivity contribution in [2.75, 3.05) is 0 Å². The van der Waals surface area contributed by atoms with Crippen molar-refractivity contribution in [3.05, 3.63) is 67.1 Å². The third kappa shape index (κ3) is 3.80. The molecule has 0 aliphatic heterocycles. The molecular formula is C14H14OY-2. The van der Waals surface area contributed by atoms with Gasteiger partial charge in [-0.05, 0) is 12.8 Å². The van der Waals surface area contributed by atoms with Gasteiger partial charge in [0.05, 0.1) is 0 Å². The van der Waals surface area contributed by atoms with Crippen molar-refractivity contribution in [2.24, 2.45) is 0 Å². The van der Waals surface area contributed by atoms with Gasteiger partial charge in [-0.2, -0.15) is 30.3 Å². The maximum atomic E-state index is 11.9. The van der Waals surface area contributed by atoms with Gasteiger partial charge in [-0.3, -0.25) is 4.79 Å². The Balaban J connectivity index is 0.00000112. The van der Waals surface area contributed by atoms with Gasteiger partial charge >= 0.3 is 0 Å². The molecule has 1 aliphatic carbocycles. The summed E-state index contributed by atoms with van der Waals surface area (Å²) < 4.78 is 0. The van der Waals surface area contributed by atoms with E-state index < -0.39 is 0 Å². The van der Waals surface area contributed by atoms with Crippen LogP contribution in [0.5, 0.6) is 0 Å². The van der Waals surface area contributed by atoms with E-state index in [9.17, 15) is 4.79 Å². The smallest absolute Gasteiger partial charge is 0.168 e. The van der Waals surface area contributed by atoms with Gasteiger partial charge in [0.15, 0.2) is 5.78 Å². The van der Waals surface area contributed by atoms with Crippen LogP contribution < -0.4 is 0 Å². The van der Waals surface area contributed by atoms with E-state index in [0.29, 0.717) is 0 Å². The van der Waals surface area contributed by atoms with Crippen LogP contribution in [-0.4, -0.2) is 5.78 Å². The van der Waals surface area contributed by atoms with Crippen molar-refractivity contribution in [1.29, 1.82) is 0 Å². The third-order valence-electron chi connectivity index (χ3n) is 2.24. The minimum Gasteiger partial charge on any atom is -0.358 e. The number of carbonyl (C=O) groups excluding carboxylic acids is 1. The second-order valence-corrected chi connectivity index (χ2v) is 3.26. The number of benzene rings is 1. The first kappa shape index (κ1) is 15.5. The summed E-state index contributed by atoms with van der Waals surface area (Å²) >= 11 is 0. The van der Waals surface area contributed by atoms with Crippen LogP contribution in [-0.2, 0) is 32.7 Å². The Morgan fingerprint density at radius 3 is 2.44 bits per heavy atom. The molecule has 1 nitrogen and oxygen atoms in total. The first-order valence-electron chi connectivity index (χ1n) is 4.75. The zero-order valence-electron chi connectivity index (χ0n) is 9.44. The average molecular weight is 287 g/mol. The largest absolute Gasteiger partial charge is 0.358 e. The number of ketones is 1. The van der Waals surface area contributed by atoms with Gasteiger partial charge in [0.2, 0.25) is 0 Å². The molecule has 1 aromatic rings. The van der Waals surface area contributed by atoms with Gasteiger partial charge in [0, 0.05) is 38.3 Å². The first-order chi connectivity index (χ1) is 6.88. The van der Waals surface area contributed by atoms with Crippen molar-refractivity contribution in [1.82, 2.24) is 0 Å². The normalized spacial score (nSPS) is 13.1. The molecule has 0 atom stereocenters. The fourth-order valence-electron chi connectivity index (χ4n) is 1.49. The van der Waals surface area contributed by atoms with Crippen molar-refractivity contribution in [3.63, 3.8) is 0 Å². The molecule has 2 heteroatoms. The summed E-state index contributed by atoms with van der Waals surface area (Å²) in [7, 11) is 0. The standard InChI is InChI=1S/C13H11O.CH3.Y/c14-13(11-7-3-1-4-8-11)12-9-5-2-6-10-12;;/h3,5-10H,1,4H2;1H3;/q2*-1;. The van der Waals surface area contributed by atoms with E-state index >= 15 is 0 Å². The van der Waals surface area contributed by atoms with Crippen molar-refractivity contribution >= 4 is 5.78 Å². The molecule has 0 saturated heterocycles. The Bertz CT molecular complexity index is 390. The van der Waals surface area contributed by atoms with Gasteiger partial charge in [0.1, 0.15) is 0 Å². The van der Waals surface area contributed by atoms with Crippen LogP contribution in [0.1, 0.15) is 23.2 Å². The average Bonchev–Trinajstić information content (AvgIpc) is 2.30. The predicted molar refractivity (Wildman–Crippen MR) is 62.5 cm³/mol. The molecule has 1 radical (unpaired) electrons. The minimum absolute atomic E-state index is 0. The molecule has 0 amide bonds. The van der Waals surface area contributed by atoms with Gasteiger partial charge in [0.25, 0.3) is 0 Å². The molecule has 0 aromatic heterocycles. The Morgan fingerprint density at radius 2 is 1.88 bits per heavy atom. The van der Waals surface area contributed by atoms with Gasteiger partial charge in [-0.1, -0.05) is 23.8 Å². The van der Waals surface area contributed by atoms with Crippen LogP contribution in [0.2, 0.25) is 0 Å². The quantitative estimate of drug-likeness (QED) is 0.602. The predicted octanol–water partition coefficient (Wildman–Crippen LogP) is 3.39. The van der Waals surface area contributed by atoms with Gasteiger partial charge < -0.3 is 7.43 Å². The maximum Gasteiger partial charge on any atom is 0.168 e. The third-order valence-corrected chi connectivity index (χ3v) is 2.24. The molecule has 0 saturated carbocycles. The van der Waals surface area contributed by atoms with E-state index in [0.717, 1.165) is 24.0 Å². The van der Waals surface area contributed by atoms with Crippen LogP contribution in [0.3, 0.4) is 0 Å². The van der Waals surface area contributed by atoms with E-state index in [4.69, 9.17) is 0 Å². The van der Waals surface area contributed by atoms with Crippen LogP contribution >= 0.6 is 0 Å². The van der Waals surface area contributed by atoms with Gasteiger partial charge in [-0.25, -0.2) is 0 Å². The van der Waals surface area contributed by atoms with Crippen molar-refractivity contribution in [3.8, 4) is 0 Å². The molecule has 0 N–H and O–H groups in total. The van der Waals surface area contributed by atoms with Crippen LogP contribution in [0.4, 0.5) is 0 Å². The molecule has 0 fully saturated rings. The fourth-order valence-corrected chi connectivity index (χ4v) is 1.49. The molecule has 1 aromatic carbocycles. The topological polar surface area (TPSA) is 17.1 Å². The van der Waals surface area contributed by atoms with E-state index in [1.54, 1.807) is 24.3 Å². The second kappa shape index (κ2) is 7.70. The summed E-state index contributed by atoms with van der Waals surface area (Å²) in [5.41, 5.74) is 1.55. The summed E-state index contributed by atoms with van der Waals surface area (Å²) in [6.45, 7) is 0. The number of carbonyl (C=O) groups is 1. The monoisotopic (exact) mass is 287 g/mol. The van der Waals surface area contributed by atoms with Crippen LogP contribution in [0.15, 0.2) is 48.1 Å². The van der Waals surface area contributed by atoms with E-state index in [2.05, 4.69) is 6.07 Å². The number of allylic oxidation sites excluding steroid dienone is 4. The summed E-state index contributed by atoms with van der Waals surface area (Å²) in [6.07, 6.45) is 7.96. The number of rotatable bonds is 2. The number of Topliss-reactive ketones (excluding diaryl/α,β-unsaturated/α-hetero) is 1. The van der Waals surface area contributed by atoms with Gasteiger partial charge in [-0.15, -0.1) is 0 Å². The minimum atomic E-state index is 0. The Morgan fingerprint density at radius 1 is 1.19 bits per heavy atom. The summed E-state index contributed by atoms with van der Waals surface area (Å²) in [5.74, 6) is 0.106. The van der Waals surface area contributed by atoms with Crippen LogP contribution in [0, 0.1) is 13.5 Å². The zero-order valence-corrected chi connectivity index (χ0v) is 12.3. The van der Waals surface area contributed by atoms with Crippen molar-refractivity contribution < 1.29 is 37.5 Å². The van der Waals surface area contributed by atoms with E-state index in [1.165, 1.54) is 0 Å². The second-order valence-electron chi connectivity index (χ2n) is 3.26. The van der Waals surface area contributed by atoms with Crippen molar-refractivity contribution in [2.45, 2.75) is 12.8 Å². The Hall–Kier alpha value is -0.526. The molecule has 0 unspecified atom stereocenters. The Labute approximate surface area is 123 Å². The molecule has 16 heavy (non-hydrogen) atoms. The first-order valence-corrected chi connectivity index (χ1v) is 4.75. The molecule has 0 bridgehead atoms. The summed E-state index contributed by atoms with van der Waals surface area (Å²) in [6, 6.07) is 10.0. The van der Waals surface area contributed by atoms with Crippen LogP contribution in [0.25, 0.3) is 0 Å². The number of hydrogen-bond donors (Lipinski definition) is 0. The SMILES string of the molecule is O=C(C1=CCCC=C1)c1cc[c-]cc1.[CH3-].[Y].